The number of hydrogen-bond donors (Lipinski definition) is 1. The van der Waals surface area contributed by atoms with Crippen LogP contribution in [-0.2, 0) is 6.42 Å². The SMILES string of the molecule is Cc1ccc(NC(=O)c2cc(Cl)cc(Cl)c2)cc1Cc1ncccc1-c1ccncn1. The summed E-state index contributed by atoms with van der Waals surface area (Å²) in [5, 5.41) is 3.74. The molecule has 0 aliphatic rings. The highest BCUT2D eigenvalue weighted by Crippen LogP contribution is 2.25. The van der Waals surface area contributed by atoms with Gasteiger partial charge in [0.1, 0.15) is 6.33 Å². The van der Waals surface area contributed by atoms with Crippen molar-refractivity contribution < 1.29 is 4.79 Å². The number of carbonyl (C=O) groups is 1. The van der Waals surface area contributed by atoms with Crippen LogP contribution >= 0.6 is 23.2 Å². The highest BCUT2D eigenvalue weighted by Gasteiger charge is 2.12. The van der Waals surface area contributed by atoms with Gasteiger partial charge in [0.2, 0.25) is 0 Å². The van der Waals surface area contributed by atoms with E-state index in [-0.39, 0.29) is 5.91 Å². The molecule has 5 nitrogen and oxygen atoms in total. The van der Waals surface area contributed by atoms with E-state index in [1.165, 1.54) is 6.33 Å². The predicted molar refractivity (Wildman–Crippen MR) is 124 cm³/mol. The molecule has 0 saturated carbocycles. The van der Waals surface area contributed by atoms with E-state index in [1.54, 1.807) is 30.6 Å². The van der Waals surface area contributed by atoms with Gasteiger partial charge in [-0.15, -0.1) is 0 Å². The van der Waals surface area contributed by atoms with Gasteiger partial charge in [-0.3, -0.25) is 9.78 Å². The zero-order chi connectivity index (χ0) is 21.8. The number of aromatic nitrogens is 3. The van der Waals surface area contributed by atoms with E-state index in [2.05, 4.69) is 20.3 Å². The minimum Gasteiger partial charge on any atom is -0.322 e. The molecular formula is C24H18Cl2N4O. The molecule has 2 heterocycles. The van der Waals surface area contributed by atoms with Crippen molar-refractivity contribution >= 4 is 34.8 Å². The second-order valence-corrected chi connectivity index (χ2v) is 7.90. The van der Waals surface area contributed by atoms with Gasteiger partial charge in [0.05, 0.1) is 11.4 Å². The number of aryl methyl sites for hydroxylation is 1. The van der Waals surface area contributed by atoms with Crippen molar-refractivity contribution in [1.29, 1.82) is 0 Å². The highest BCUT2D eigenvalue weighted by atomic mass is 35.5. The van der Waals surface area contributed by atoms with Gasteiger partial charge in [0.15, 0.2) is 0 Å². The van der Waals surface area contributed by atoms with Crippen LogP contribution in [0.15, 0.2) is 73.3 Å². The van der Waals surface area contributed by atoms with Crippen LogP contribution in [0.4, 0.5) is 5.69 Å². The summed E-state index contributed by atoms with van der Waals surface area (Å²) in [6, 6.07) is 16.3. The summed E-state index contributed by atoms with van der Waals surface area (Å²) in [7, 11) is 0. The first-order valence-electron chi connectivity index (χ1n) is 9.57. The molecule has 0 unspecified atom stereocenters. The molecule has 154 valence electrons. The minimum absolute atomic E-state index is 0.279. The van der Waals surface area contributed by atoms with Gasteiger partial charge >= 0.3 is 0 Å². The van der Waals surface area contributed by atoms with E-state index in [1.807, 2.05) is 43.3 Å². The number of hydrogen-bond acceptors (Lipinski definition) is 4. The minimum atomic E-state index is -0.279. The number of anilines is 1. The smallest absolute Gasteiger partial charge is 0.255 e. The van der Waals surface area contributed by atoms with Crippen LogP contribution in [-0.4, -0.2) is 20.9 Å². The van der Waals surface area contributed by atoms with E-state index in [9.17, 15) is 4.79 Å². The molecule has 0 atom stereocenters. The van der Waals surface area contributed by atoms with Crippen LogP contribution in [0.5, 0.6) is 0 Å². The molecule has 0 saturated heterocycles. The third-order valence-corrected chi connectivity index (χ3v) is 5.27. The number of nitrogens with zero attached hydrogens (tertiary/aromatic N) is 3. The highest BCUT2D eigenvalue weighted by molar-refractivity contribution is 6.35. The third-order valence-electron chi connectivity index (χ3n) is 4.84. The Morgan fingerprint density at radius 1 is 0.968 bits per heavy atom. The first-order valence-corrected chi connectivity index (χ1v) is 10.3. The Kier molecular flexibility index (Phi) is 6.26. The molecule has 0 aliphatic carbocycles. The van der Waals surface area contributed by atoms with Crippen molar-refractivity contribution in [3.8, 4) is 11.3 Å². The van der Waals surface area contributed by atoms with Crippen LogP contribution < -0.4 is 5.32 Å². The summed E-state index contributed by atoms with van der Waals surface area (Å²) in [4.78, 5) is 25.6. The largest absolute Gasteiger partial charge is 0.322 e. The van der Waals surface area contributed by atoms with Crippen molar-refractivity contribution in [3.63, 3.8) is 0 Å². The average Bonchev–Trinajstić information content (AvgIpc) is 2.76. The van der Waals surface area contributed by atoms with E-state index >= 15 is 0 Å². The van der Waals surface area contributed by atoms with E-state index in [0.29, 0.717) is 27.7 Å². The third kappa shape index (κ3) is 5.08. The van der Waals surface area contributed by atoms with Crippen molar-refractivity contribution in [2.24, 2.45) is 0 Å². The maximum atomic E-state index is 12.7. The Morgan fingerprint density at radius 2 is 1.77 bits per heavy atom. The topological polar surface area (TPSA) is 67.8 Å². The molecule has 0 bridgehead atoms. The van der Waals surface area contributed by atoms with Gasteiger partial charge in [0.25, 0.3) is 5.91 Å². The maximum absolute atomic E-state index is 12.7. The van der Waals surface area contributed by atoms with Crippen LogP contribution in [0.2, 0.25) is 10.0 Å². The molecule has 7 heteroatoms. The summed E-state index contributed by atoms with van der Waals surface area (Å²) in [5.74, 6) is -0.279. The molecule has 0 aliphatic heterocycles. The molecule has 31 heavy (non-hydrogen) atoms. The van der Waals surface area contributed by atoms with E-state index in [4.69, 9.17) is 23.2 Å². The number of carbonyl (C=O) groups excluding carboxylic acids is 1. The van der Waals surface area contributed by atoms with Crippen molar-refractivity contribution in [2.75, 3.05) is 5.32 Å². The zero-order valence-electron chi connectivity index (χ0n) is 16.6. The lowest BCUT2D eigenvalue weighted by Gasteiger charge is -2.12. The van der Waals surface area contributed by atoms with Crippen molar-refractivity contribution in [3.05, 3.63) is 106 Å². The monoisotopic (exact) mass is 448 g/mol. The summed E-state index contributed by atoms with van der Waals surface area (Å²) >= 11 is 12.0. The van der Waals surface area contributed by atoms with Gasteiger partial charge in [-0.25, -0.2) is 9.97 Å². The fraction of sp³-hybridized carbons (Fsp3) is 0.0833. The Balaban J connectivity index is 1.60. The first-order chi connectivity index (χ1) is 15.0. The Hall–Kier alpha value is -3.28. The standard InChI is InChI=1S/C24H18Cl2N4O/c1-15-4-5-20(30-24(31)17-9-18(25)13-19(26)10-17)11-16(15)12-23-21(3-2-7-28-23)22-6-8-27-14-29-22/h2-11,13-14H,12H2,1H3,(H,30,31). The summed E-state index contributed by atoms with van der Waals surface area (Å²) < 4.78 is 0. The molecular weight excluding hydrogens is 431 g/mol. The van der Waals surface area contributed by atoms with Crippen LogP contribution in [0.25, 0.3) is 11.3 Å². The van der Waals surface area contributed by atoms with Gasteiger partial charge < -0.3 is 5.32 Å². The number of nitrogens with one attached hydrogen (secondary N) is 1. The molecule has 1 N–H and O–H groups in total. The Labute approximate surface area is 190 Å². The van der Waals surface area contributed by atoms with Crippen molar-refractivity contribution in [1.82, 2.24) is 15.0 Å². The molecule has 0 spiro atoms. The van der Waals surface area contributed by atoms with E-state index < -0.39 is 0 Å². The number of pyridine rings is 1. The molecule has 0 radical (unpaired) electrons. The average molecular weight is 449 g/mol. The second-order valence-electron chi connectivity index (χ2n) is 7.02. The fourth-order valence-electron chi connectivity index (χ4n) is 3.27. The molecule has 4 rings (SSSR count). The Morgan fingerprint density at radius 3 is 2.52 bits per heavy atom. The second kappa shape index (κ2) is 9.25. The van der Waals surface area contributed by atoms with Crippen LogP contribution in [0.1, 0.15) is 27.2 Å². The van der Waals surface area contributed by atoms with Gasteiger partial charge in [0, 0.05) is 45.7 Å². The summed E-state index contributed by atoms with van der Waals surface area (Å²) in [6.45, 7) is 2.03. The summed E-state index contributed by atoms with van der Waals surface area (Å²) in [5.41, 5.74) is 5.90. The lowest BCUT2D eigenvalue weighted by Crippen LogP contribution is -2.12. The molecule has 4 aromatic rings. The maximum Gasteiger partial charge on any atom is 0.255 e. The summed E-state index contributed by atoms with van der Waals surface area (Å²) in [6.07, 6.45) is 5.60. The van der Waals surface area contributed by atoms with Gasteiger partial charge in [-0.05, 0) is 66.6 Å². The lowest BCUT2D eigenvalue weighted by molar-refractivity contribution is 0.102. The lowest BCUT2D eigenvalue weighted by atomic mass is 9.99. The van der Waals surface area contributed by atoms with Crippen LogP contribution in [0.3, 0.4) is 0 Å². The van der Waals surface area contributed by atoms with E-state index in [0.717, 1.165) is 28.1 Å². The molecule has 2 aromatic carbocycles. The number of amides is 1. The van der Waals surface area contributed by atoms with Gasteiger partial charge in [-0.2, -0.15) is 0 Å². The number of rotatable bonds is 5. The molecule has 2 aromatic heterocycles. The fourth-order valence-corrected chi connectivity index (χ4v) is 3.80. The molecule has 1 amide bonds. The molecule has 0 fully saturated rings. The zero-order valence-corrected chi connectivity index (χ0v) is 18.2. The number of benzene rings is 2. The number of halogens is 2. The normalized spacial score (nSPS) is 10.7. The van der Waals surface area contributed by atoms with Gasteiger partial charge in [-0.1, -0.05) is 29.3 Å². The predicted octanol–water partition coefficient (Wildman–Crippen LogP) is 6.00. The van der Waals surface area contributed by atoms with Crippen molar-refractivity contribution in [2.45, 2.75) is 13.3 Å². The Bertz CT molecular complexity index is 1230. The quantitative estimate of drug-likeness (QED) is 0.406. The van der Waals surface area contributed by atoms with Crippen LogP contribution in [0, 0.1) is 6.92 Å². The first kappa shape index (κ1) is 21.0.